The van der Waals surface area contributed by atoms with Crippen molar-refractivity contribution in [1.82, 2.24) is 0 Å². The maximum absolute atomic E-state index is 12.6. The van der Waals surface area contributed by atoms with Crippen molar-refractivity contribution in [3.05, 3.63) is 29.3 Å². The van der Waals surface area contributed by atoms with Crippen LogP contribution in [0.5, 0.6) is 5.75 Å². The molecule has 0 aromatic heterocycles. The van der Waals surface area contributed by atoms with E-state index in [1.165, 1.54) is 13.2 Å². The molecule has 0 amide bonds. The molecule has 96 valence electrons. The summed E-state index contributed by atoms with van der Waals surface area (Å²) >= 11 is 0. The molecule has 1 rings (SSSR count). The van der Waals surface area contributed by atoms with Gasteiger partial charge >= 0.3 is 6.18 Å². The van der Waals surface area contributed by atoms with E-state index in [-0.39, 0.29) is 18.8 Å². The molecule has 0 heterocycles. The molecule has 0 saturated heterocycles. The molecule has 0 aliphatic carbocycles. The zero-order valence-corrected chi connectivity index (χ0v) is 9.29. The molecule has 0 saturated carbocycles. The van der Waals surface area contributed by atoms with Gasteiger partial charge in [-0.05, 0) is 30.2 Å². The second-order valence-corrected chi connectivity index (χ2v) is 3.61. The van der Waals surface area contributed by atoms with Crippen LogP contribution in [-0.4, -0.2) is 18.8 Å². The SMILES string of the molecule is COc1cc([C@@H](N)CCO)cc(C(F)(F)F)c1. The minimum atomic E-state index is -4.44. The van der Waals surface area contributed by atoms with E-state index in [1.54, 1.807) is 0 Å². The van der Waals surface area contributed by atoms with Crippen LogP contribution < -0.4 is 10.5 Å². The maximum Gasteiger partial charge on any atom is 0.416 e. The zero-order valence-electron chi connectivity index (χ0n) is 9.29. The van der Waals surface area contributed by atoms with Gasteiger partial charge in [0.05, 0.1) is 12.7 Å². The summed E-state index contributed by atoms with van der Waals surface area (Å²) in [6.45, 7) is -0.181. The Labute approximate surface area is 97.0 Å². The molecule has 0 fully saturated rings. The molecule has 1 atom stereocenters. The number of halogens is 3. The number of rotatable bonds is 4. The number of methoxy groups -OCH3 is 1. The third kappa shape index (κ3) is 3.61. The Kier molecular flexibility index (Phi) is 4.36. The average Bonchev–Trinajstić information content (AvgIpc) is 2.27. The van der Waals surface area contributed by atoms with E-state index in [0.717, 1.165) is 12.1 Å². The van der Waals surface area contributed by atoms with Crippen molar-refractivity contribution in [3.8, 4) is 5.75 Å². The number of aliphatic hydroxyl groups is 1. The van der Waals surface area contributed by atoms with Gasteiger partial charge in [-0.2, -0.15) is 13.2 Å². The second kappa shape index (κ2) is 5.37. The van der Waals surface area contributed by atoms with Gasteiger partial charge in [-0.1, -0.05) is 0 Å². The lowest BCUT2D eigenvalue weighted by molar-refractivity contribution is -0.137. The summed E-state index contributed by atoms with van der Waals surface area (Å²) in [5, 5.41) is 8.72. The van der Waals surface area contributed by atoms with Gasteiger partial charge in [0.15, 0.2) is 0 Å². The number of hydrogen-bond acceptors (Lipinski definition) is 3. The van der Waals surface area contributed by atoms with Gasteiger partial charge in [0, 0.05) is 12.6 Å². The van der Waals surface area contributed by atoms with Crippen molar-refractivity contribution < 1.29 is 23.0 Å². The number of nitrogens with two attached hydrogens (primary N) is 1. The van der Waals surface area contributed by atoms with Gasteiger partial charge in [-0.25, -0.2) is 0 Å². The van der Waals surface area contributed by atoms with Crippen LogP contribution in [0.3, 0.4) is 0 Å². The molecule has 0 spiro atoms. The predicted molar refractivity (Wildman–Crippen MR) is 56.6 cm³/mol. The molecule has 0 aliphatic rings. The smallest absolute Gasteiger partial charge is 0.416 e. The lowest BCUT2D eigenvalue weighted by Crippen LogP contribution is -2.14. The fourth-order valence-electron chi connectivity index (χ4n) is 1.42. The summed E-state index contributed by atoms with van der Waals surface area (Å²) in [7, 11) is 1.29. The Bertz CT molecular complexity index is 379. The summed E-state index contributed by atoms with van der Waals surface area (Å²) in [5.41, 5.74) is 5.15. The van der Waals surface area contributed by atoms with Crippen molar-refractivity contribution in [2.75, 3.05) is 13.7 Å². The van der Waals surface area contributed by atoms with Gasteiger partial charge in [0.1, 0.15) is 5.75 Å². The van der Waals surface area contributed by atoms with Crippen LogP contribution in [0.15, 0.2) is 18.2 Å². The minimum Gasteiger partial charge on any atom is -0.497 e. The van der Waals surface area contributed by atoms with Crippen LogP contribution in [0.1, 0.15) is 23.6 Å². The van der Waals surface area contributed by atoms with E-state index in [9.17, 15) is 13.2 Å². The highest BCUT2D eigenvalue weighted by molar-refractivity contribution is 5.37. The summed E-state index contributed by atoms with van der Waals surface area (Å²) in [5.74, 6) is 0.100. The van der Waals surface area contributed by atoms with Gasteiger partial charge in [-0.3, -0.25) is 0 Å². The van der Waals surface area contributed by atoms with Gasteiger partial charge in [0.2, 0.25) is 0 Å². The van der Waals surface area contributed by atoms with Crippen LogP contribution >= 0.6 is 0 Å². The van der Waals surface area contributed by atoms with Crippen LogP contribution in [0, 0.1) is 0 Å². The average molecular weight is 249 g/mol. The van der Waals surface area contributed by atoms with E-state index >= 15 is 0 Å². The van der Waals surface area contributed by atoms with Gasteiger partial charge in [0.25, 0.3) is 0 Å². The molecule has 1 aromatic carbocycles. The van der Waals surface area contributed by atoms with Crippen LogP contribution in [0.2, 0.25) is 0 Å². The Hall–Kier alpha value is -1.27. The minimum absolute atomic E-state index is 0.100. The Morgan fingerprint density at radius 1 is 1.35 bits per heavy atom. The Balaban J connectivity index is 3.14. The zero-order chi connectivity index (χ0) is 13.1. The fourth-order valence-corrected chi connectivity index (χ4v) is 1.42. The fraction of sp³-hybridized carbons (Fsp3) is 0.455. The van der Waals surface area contributed by atoms with Crippen molar-refractivity contribution >= 4 is 0 Å². The summed E-state index contributed by atoms with van der Waals surface area (Å²) < 4.78 is 42.6. The highest BCUT2D eigenvalue weighted by atomic mass is 19.4. The largest absolute Gasteiger partial charge is 0.497 e. The summed E-state index contributed by atoms with van der Waals surface area (Å²) in [6, 6.07) is 2.68. The molecule has 3 N–H and O–H groups in total. The highest BCUT2D eigenvalue weighted by Crippen LogP contribution is 2.34. The second-order valence-electron chi connectivity index (χ2n) is 3.61. The van der Waals surface area contributed by atoms with Crippen molar-refractivity contribution in [1.29, 1.82) is 0 Å². The molecular weight excluding hydrogens is 235 g/mol. The quantitative estimate of drug-likeness (QED) is 0.859. The predicted octanol–water partition coefficient (Wildman–Crippen LogP) is 2.10. The lowest BCUT2D eigenvalue weighted by Gasteiger charge is -2.15. The molecule has 0 radical (unpaired) electrons. The molecule has 0 unspecified atom stereocenters. The van der Waals surface area contributed by atoms with Gasteiger partial charge < -0.3 is 15.6 Å². The van der Waals surface area contributed by atoms with E-state index < -0.39 is 17.8 Å². The van der Waals surface area contributed by atoms with Crippen molar-refractivity contribution in [2.24, 2.45) is 5.73 Å². The van der Waals surface area contributed by atoms with Crippen molar-refractivity contribution in [3.63, 3.8) is 0 Å². The lowest BCUT2D eigenvalue weighted by atomic mass is 10.0. The van der Waals surface area contributed by atoms with Crippen LogP contribution in [0.4, 0.5) is 13.2 Å². The molecule has 3 nitrogen and oxygen atoms in total. The molecular formula is C11H14F3NO2. The number of ether oxygens (including phenoxy) is 1. The topological polar surface area (TPSA) is 55.5 Å². The monoisotopic (exact) mass is 249 g/mol. The molecule has 0 aliphatic heterocycles. The maximum atomic E-state index is 12.6. The van der Waals surface area contributed by atoms with Crippen LogP contribution in [0.25, 0.3) is 0 Å². The molecule has 6 heteroatoms. The summed E-state index contributed by atoms with van der Waals surface area (Å²) in [6.07, 6.45) is -4.24. The van der Waals surface area contributed by atoms with E-state index in [2.05, 4.69) is 0 Å². The number of aliphatic hydroxyl groups excluding tert-OH is 1. The van der Waals surface area contributed by atoms with Crippen LogP contribution in [-0.2, 0) is 6.18 Å². The normalized spacial score (nSPS) is 13.5. The third-order valence-electron chi connectivity index (χ3n) is 2.36. The first kappa shape index (κ1) is 13.8. The van der Waals surface area contributed by atoms with Gasteiger partial charge in [-0.15, -0.1) is 0 Å². The molecule has 1 aromatic rings. The van der Waals surface area contributed by atoms with E-state index in [4.69, 9.17) is 15.6 Å². The van der Waals surface area contributed by atoms with E-state index in [1.807, 2.05) is 0 Å². The Morgan fingerprint density at radius 2 is 2.00 bits per heavy atom. The first-order valence-corrected chi connectivity index (χ1v) is 5.01. The number of hydrogen-bond donors (Lipinski definition) is 2. The standard InChI is InChI=1S/C11H14F3NO2/c1-17-9-5-7(10(15)2-3-16)4-8(6-9)11(12,13)14/h4-6,10,16H,2-3,15H2,1H3/t10-/m0/s1. The molecule has 0 bridgehead atoms. The molecule has 17 heavy (non-hydrogen) atoms. The third-order valence-corrected chi connectivity index (χ3v) is 2.36. The number of benzene rings is 1. The number of alkyl halides is 3. The highest BCUT2D eigenvalue weighted by Gasteiger charge is 2.31. The summed E-state index contributed by atoms with van der Waals surface area (Å²) in [4.78, 5) is 0. The first-order chi connectivity index (χ1) is 7.88. The van der Waals surface area contributed by atoms with E-state index in [0.29, 0.717) is 5.56 Å². The first-order valence-electron chi connectivity index (χ1n) is 5.01. The Morgan fingerprint density at radius 3 is 2.47 bits per heavy atom. The van der Waals surface area contributed by atoms with Crippen molar-refractivity contribution in [2.45, 2.75) is 18.6 Å².